The Morgan fingerprint density at radius 1 is 1.12 bits per heavy atom. The highest BCUT2D eigenvalue weighted by Crippen LogP contribution is 2.50. The second-order valence-electron chi connectivity index (χ2n) is 8.18. The summed E-state index contributed by atoms with van der Waals surface area (Å²) in [6.07, 6.45) is 1.38. The van der Waals surface area contributed by atoms with E-state index < -0.39 is 39.0 Å². The van der Waals surface area contributed by atoms with Crippen molar-refractivity contribution in [2.45, 2.75) is 49.7 Å². The third kappa shape index (κ3) is 4.00. The highest BCUT2D eigenvalue weighted by atomic mass is 32.2. The predicted octanol–water partition coefficient (Wildman–Crippen LogP) is 0.184. The molecule has 2 aliphatic heterocycles. The van der Waals surface area contributed by atoms with Gasteiger partial charge in [-0.2, -0.15) is 4.31 Å². The minimum Gasteiger partial charge on any atom is -0.463 e. The number of hydrogen-bond acceptors (Lipinski definition) is 7. The van der Waals surface area contributed by atoms with Gasteiger partial charge in [-0.15, -0.1) is 0 Å². The van der Waals surface area contributed by atoms with Gasteiger partial charge < -0.3 is 20.1 Å². The molecule has 2 atom stereocenters. The first-order chi connectivity index (χ1) is 15.0. The van der Waals surface area contributed by atoms with Crippen molar-refractivity contribution in [3.8, 4) is 0 Å². The van der Waals surface area contributed by atoms with Crippen molar-refractivity contribution in [3.05, 3.63) is 29.8 Å². The monoisotopic (exact) mass is 467 g/mol. The van der Waals surface area contributed by atoms with E-state index in [2.05, 4.69) is 0 Å². The quantitative estimate of drug-likeness (QED) is 0.249. The number of sulfonamides is 1. The Morgan fingerprint density at radius 2 is 1.72 bits per heavy atom. The molecule has 32 heavy (non-hydrogen) atoms. The Balaban J connectivity index is 1.68. The van der Waals surface area contributed by atoms with Crippen LogP contribution in [-0.2, 0) is 33.9 Å². The number of carbonyl (C=O) groups excluding carboxylic acids is 3. The molecule has 2 N–H and O–H groups in total. The number of nitrogens with zero attached hydrogens (tertiary/aromatic N) is 2. The lowest BCUT2D eigenvalue weighted by atomic mass is 9.91. The standard InChI is InChI=1S/C21H29N3O7S/c1-4-5-14-30-19(27)21(17(22)25)20(3,31-21)18(26)23-10-12-24(13-11-23)32(28,29)16-8-6-15(2)7-9-16/h6-9H,4-5,10-14H2,1-3H3,(H2,22,25). The van der Waals surface area contributed by atoms with Crippen LogP contribution >= 0.6 is 0 Å². The Hall–Kier alpha value is -2.50. The minimum atomic E-state index is -3.69. The number of hydrogen-bond donors (Lipinski definition) is 1. The first-order valence-corrected chi connectivity index (χ1v) is 12.0. The lowest BCUT2D eigenvalue weighted by molar-refractivity contribution is -0.154. The molecule has 11 heteroatoms. The van der Waals surface area contributed by atoms with Crippen molar-refractivity contribution in [2.24, 2.45) is 5.73 Å². The van der Waals surface area contributed by atoms with Crippen LogP contribution in [0.3, 0.4) is 0 Å². The van der Waals surface area contributed by atoms with Crippen LogP contribution in [0.2, 0.25) is 0 Å². The molecule has 2 amide bonds. The number of rotatable bonds is 8. The third-order valence-electron chi connectivity index (χ3n) is 5.95. The molecule has 0 aliphatic carbocycles. The molecule has 2 fully saturated rings. The van der Waals surface area contributed by atoms with Gasteiger partial charge in [0.05, 0.1) is 11.5 Å². The first kappa shape index (κ1) is 24.1. The largest absolute Gasteiger partial charge is 0.463 e. The average Bonchev–Trinajstić information content (AvgIpc) is 3.42. The number of unbranched alkanes of at least 4 members (excludes halogenated alkanes) is 1. The van der Waals surface area contributed by atoms with Crippen LogP contribution in [0.4, 0.5) is 0 Å². The summed E-state index contributed by atoms with van der Waals surface area (Å²) in [7, 11) is -3.69. The smallest absolute Gasteiger partial charge is 0.352 e. The van der Waals surface area contributed by atoms with Crippen molar-refractivity contribution in [3.63, 3.8) is 0 Å². The topological polar surface area (TPSA) is 140 Å². The molecule has 2 unspecified atom stereocenters. The number of piperazine rings is 1. The third-order valence-corrected chi connectivity index (χ3v) is 7.86. The maximum Gasteiger partial charge on any atom is 0.352 e. The number of ether oxygens (including phenoxy) is 2. The van der Waals surface area contributed by atoms with Crippen molar-refractivity contribution in [1.29, 1.82) is 0 Å². The van der Waals surface area contributed by atoms with Crippen LogP contribution in [0.25, 0.3) is 0 Å². The molecule has 3 rings (SSSR count). The molecule has 0 saturated carbocycles. The summed E-state index contributed by atoms with van der Waals surface area (Å²) < 4.78 is 37.5. The number of esters is 1. The lowest BCUT2D eigenvalue weighted by Crippen LogP contribution is -2.57. The number of carbonyl (C=O) groups is 3. The van der Waals surface area contributed by atoms with E-state index in [0.717, 1.165) is 12.0 Å². The highest BCUT2D eigenvalue weighted by Gasteiger charge is 2.82. The molecular formula is C21H29N3O7S. The van der Waals surface area contributed by atoms with Crippen LogP contribution in [0.15, 0.2) is 29.2 Å². The number of epoxide rings is 1. The molecule has 176 valence electrons. The van der Waals surface area contributed by atoms with E-state index in [9.17, 15) is 22.8 Å². The summed E-state index contributed by atoms with van der Waals surface area (Å²) in [6, 6.07) is 6.54. The van der Waals surface area contributed by atoms with Gasteiger partial charge in [-0.3, -0.25) is 9.59 Å². The fourth-order valence-corrected chi connectivity index (χ4v) is 5.22. The first-order valence-electron chi connectivity index (χ1n) is 10.5. The van der Waals surface area contributed by atoms with Gasteiger partial charge in [0.25, 0.3) is 17.4 Å². The molecule has 2 saturated heterocycles. The Kier molecular flexibility index (Phi) is 6.64. The molecule has 10 nitrogen and oxygen atoms in total. The number of benzene rings is 1. The molecular weight excluding hydrogens is 438 g/mol. The van der Waals surface area contributed by atoms with Crippen LogP contribution in [0.5, 0.6) is 0 Å². The van der Waals surface area contributed by atoms with E-state index in [1.54, 1.807) is 24.3 Å². The fraction of sp³-hybridized carbons (Fsp3) is 0.571. The van der Waals surface area contributed by atoms with Crippen molar-refractivity contribution >= 4 is 27.8 Å². The van der Waals surface area contributed by atoms with Gasteiger partial charge >= 0.3 is 5.97 Å². The maximum atomic E-state index is 13.1. The molecule has 1 aromatic carbocycles. The van der Waals surface area contributed by atoms with E-state index in [-0.39, 0.29) is 37.7 Å². The Labute approximate surface area is 187 Å². The van der Waals surface area contributed by atoms with E-state index in [1.807, 2.05) is 13.8 Å². The summed E-state index contributed by atoms with van der Waals surface area (Å²) >= 11 is 0. The van der Waals surface area contributed by atoms with E-state index in [4.69, 9.17) is 15.2 Å². The number of nitrogens with two attached hydrogens (primary N) is 1. The van der Waals surface area contributed by atoms with Crippen LogP contribution < -0.4 is 5.73 Å². The zero-order chi connectivity index (χ0) is 23.7. The predicted molar refractivity (Wildman–Crippen MR) is 114 cm³/mol. The number of primary amides is 1. The highest BCUT2D eigenvalue weighted by molar-refractivity contribution is 7.89. The molecule has 0 spiro atoms. The van der Waals surface area contributed by atoms with E-state index in [0.29, 0.717) is 6.42 Å². The van der Waals surface area contributed by atoms with Gasteiger partial charge in [-0.25, -0.2) is 13.2 Å². The van der Waals surface area contributed by atoms with Gasteiger partial charge in [-0.1, -0.05) is 31.0 Å². The zero-order valence-corrected chi connectivity index (χ0v) is 19.3. The molecule has 0 aromatic heterocycles. The summed E-state index contributed by atoms with van der Waals surface area (Å²) in [6.45, 7) is 5.52. The van der Waals surface area contributed by atoms with Crippen molar-refractivity contribution in [1.82, 2.24) is 9.21 Å². The molecule has 2 heterocycles. The normalized spacial score (nSPS) is 25.9. The average molecular weight is 468 g/mol. The summed E-state index contributed by atoms with van der Waals surface area (Å²) in [5.41, 5.74) is 2.42. The van der Waals surface area contributed by atoms with Gasteiger partial charge in [0.2, 0.25) is 10.0 Å². The number of aryl methyl sites for hydroxylation is 1. The molecule has 0 radical (unpaired) electrons. The number of amides is 2. The second kappa shape index (κ2) is 8.80. The van der Waals surface area contributed by atoms with Crippen molar-refractivity contribution in [2.75, 3.05) is 32.8 Å². The Morgan fingerprint density at radius 3 is 2.25 bits per heavy atom. The minimum absolute atomic E-state index is 0.0720. The fourth-order valence-electron chi connectivity index (χ4n) is 3.80. The molecule has 1 aromatic rings. The Bertz CT molecular complexity index is 1000. The van der Waals surface area contributed by atoms with Gasteiger partial charge in [-0.05, 0) is 32.4 Å². The lowest BCUT2D eigenvalue weighted by Gasteiger charge is -2.35. The summed E-state index contributed by atoms with van der Waals surface area (Å²) in [4.78, 5) is 39.2. The van der Waals surface area contributed by atoms with E-state index in [1.165, 1.54) is 16.1 Å². The summed E-state index contributed by atoms with van der Waals surface area (Å²) in [5.74, 6) is -2.67. The second-order valence-corrected chi connectivity index (χ2v) is 10.1. The van der Waals surface area contributed by atoms with Gasteiger partial charge in [0.15, 0.2) is 5.60 Å². The maximum absolute atomic E-state index is 13.1. The van der Waals surface area contributed by atoms with Gasteiger partial charge in [0.1, 0.15) is 0 Å². The SMILES string of the molecule is CCCCOC(=O)C1(C(N)=O)OC1(C)C(=O)N1CCN(S(=O)(=O)c2ccc(C)cc2)CC1. The molecule has 2 aliphatic rings. The van der Waals surface area contributed by atoms with Crippen LogP contribution in [0.1, 0.15) is 32.3 Å². The van der Waals surface area contributed by atoms with Crippen LogP contribution in [-0.4, -0.2) is 79.4 Å². The van der Waals surface area contributed by atoms with Crippen molar-refractivity contribution < 1.29 is 32.3 Å². The van der Waals surface area contributed by atoms with Crippen LogP contribution in [0, 0.1) is 6.92 Å². The van der Waals surface area contributed by atoms with E-state index >= 15 is 0 Å². The van der Waals surface area contributed by atoms with Gasteiger partial charge in [0, 0.05) is 26.2 Å². The molecule has 0 bridgehead atoms. The summed E-state index contributed by atoms with van der Waals surface area (Å²) in [5, 5.41) is 0. The zero-order valence-electron chi connectivity index (χ0n) is 18.5.